The first-order valence-corrected chi connectivity index (χ1v) is 7.36. The van der Waals surface area contributed by atoms with Gasteiger partial charge >= 0.3 is 0 Å². The highest BCUT2D eigenvalue weighted by atomic mass is 15.0. The molecule has 1 N–H and O–H groups in total. The number of aryl methyl sites for hydroxylation is 1. The van der Waals surface area contributed by atoms with Crippen LogP contribution >= 0.6 is 0 Å². The van der Waals surface area contributed by atoms with Crippen LogP contribution < -0.4 is 9.88 Å². The van der Waals surface area contributed by atoms with E-state index < -0.39 is 0 Å². The lowest BCUT2D eigenvalue weighted by Gasteiger charge is -2.12. The number of fused-ring (bicyclic) bond motifs is 2. The van der Waals surface area contributed by atoms with Crippen LogP contribution in [0.2, 0.25) is 0 Å². The van der Waals surface area contributed by atoms with E-state index in [2.05, 4.69) is 72.4 Å². The van der Waals surface area contributed by atoms with Crippen molar-refractivity contribution >= 4 is 27.5 Å². The number of hydrogen-bond acceptors (Lipinski definition) is 1. The SMILES string of the molecule is CCCCNc1c2ccccc2[n+](C)c2ccccc12. The van der Waals surface area contributed by atoms with Gasteiger partial charge in [0.1, 0.15) is 7.05 Å². The van der Waals surface area contributed by atoms with Crippen LogP contribution in [0.3, 0.4) is 0 Å². The summed E-state index contributed by atoms with van der Waals surface area (Å²) in [5, 5.41) is 6.24. The second-order valence-electron chi connectivity index (χ2n) is 5.25. The molecule has 20 heavy (non-hydrogen) atoms. The van der Waals surface area contributed by atoms with Crippen LogP contribution in [0.15, 0.2) is 48.5 Å². The molecule has 0 spiro atoms. The molecule has 2 nitrogen and oxygen atoms in total. The molecule has 2 heteroatoms. The third-order valence-electron chi connectivity index (χ3n) is 3.90. The van der Waals surface area contributed by atoms with Gasteiger partial charge in [0, 0.05) is 18.7 Å². The van der Waals surface area contributed by atoms with Gasteiger partial charge in [-0.05, 0) is 18.6 Å². The fourth-order valence-corrected chi connectivity index (χ4v) is 2.81. The van der Waals surface area contributed by atoms with E-state index >= 15 is 0 Å². The minimum Gasteiger partial charge on any atom is -0.384 e. The Kier molecular flexibility index (Phi) is 3.55. The summed E-state index contributed by atoms with van der Waals surface area (Å²) in [6.07, 6.45) is 2.41. The number of aromatic nitrogens is 1. The Bertz CT molecular complexity index is 690. The number of anilines is 1. The van der Waals surface area contributed by atoms with Crippen molar-refractivity contribution in [1.82, 2.24) is 0 Å². The van der Waals surface area contributed by atoms with Gasteiger partial charge in [-0.3, -0.25) is 0 Å². The minimum absolute atomic E-state index is 1.03. The summed E-state index contributed by atoms with van der Waals surface area (Å²) in [5.41, 5.74) is 3.80. The van der Waals surface area contributed by atoms with Gasteiger partial charge in [-0.1, -0.05) is 37.6 Å². The number of rotatable bonds is 4. The Morgan fingerprint density at radius 1 is 0.900 bits per heavy atom. The van der Waals surface area contributed by atoms with Crippen LogP contribution in [0, 0.1) is 0 Å². The lowest BCUT2D eigenvalue weighted by Crippen LogP contribution is -2.30. The number of unbranched alkanes of at least 4 members (excludes halogenated alkanes) is 1. The molecule has 0 atom stereocenters. The fraction of sp³-hybridized carbons (Fsp3) is 0.278. The molecule has 0 aliphatic rings. The first-order valence-electron chi connectivity index (χ1n) is 7.36. The first-order chi connectivity index (χ1) is 9.83. The van der Waals surface area contributed by atoms with Crippen molar-refractivity contribution in [1.29, 1.82) is 0 Å². The molecule has 0 radical (unpaired) electrons. The van der Waals surface area contributed by atoms with E-state index in [1.165, 1.54) is 40.3 Å². The Morgan fingerprint density at radius 3 is 2.00 bits per heavy atom. The van der Waals surface area contributed by atoms with E-state index in [0.29, 0.717) is 0 Å². The summed E-state index contributed by atoms with van der Waals surface area (Å²) in [7, 11) is 2.14. The Balaban J connectivity index is 2.28. The van der Waals surface area contributed by atoms with E-state index in [1.807, 2.05) is 0 Å². The summed E-state index contributed by atoms with van der Waals surface area (Å²) < 4.78 is 2.27. The zero-order valence-electron chi connectivity index (χ0n) is 12.2. The largest absolute Gasteiger partial charge is 0.384 e. The summed E-state index contributed by atoms with van der Waals surface area (Å²) in [6, 6.07) is 17.2. The van der Waals surface area contributed by atoms with Gasteiger partial charge in [-0.2, -0.15) is 4.57 Å². The topological polar surface area (TPSA) is 15.9 Å². The lowest BCUT2D eigenvalue weighted by atomic mass is 10.1. The molecule has 0 amide bonds. The summed E-state index contributed by atoms with van der Waals surface area (Å²) in [6.45, 7) is 3.25. The lowest BCUT2D eigenvalue weighted by molar-refractivity contribution is -0.617. The molecule has 0 bridgehead atoms. The fourth-order valence-electron chi connectivity index (χ4n) is 2.81. The number of para-hydroxylation sites is 2. The summed E-state index contributed by atoms with van der Waals surface area (Å²) in [4.78, 5) is 0. The van der Waals surface area contributed by atoms with Gasteiger partial charge in [0.2, 0.25) is 11.0 Å². The maximum Gasteiger partial charge on any atom is 0.214 e. The Labute approximate surface area is 120 Å². The molecule has 0 aliphatic carbocycles. The van der Waals surface area contributed by atoms with Crippen LogP contribution in [0.1, 0.15) is 19.8 Å². The van der Waals surface area contributed by atoms with Crippen LogP contribution in [0.5, 0.6) is 0 Å². The molecule has 0 saturated heterocycles. The van der Waals surface area contributed by atoms with Crippen LogP contribution in [-0.2, 0) is 7.05 Å². The molecule has 102 valence electrons. The smallest absolute Gasteiger partial charge is 0.214 e. The molecular formula is C18H21N2+. The molecule has 0 saturated carbocycles. The molecule has 1 aromatic heterocycles. The summed E-state index contributed by atoms with van der Waals surface area (Å²) in [5.74, 6) is 0. The summed E-state index contributed by atoms with van der Waals surface area (Å²) >= 11 is 0. The van der Waals surface area contributed by atoms with E-state index in [-0.39, 0.29) is 0 Å². The highest BCUT2D eigenvalue weighted by molar-refractivity contribution is 6.04. The van der Waals surface area contributed by atoms with Crippen molar-refractivity contribution in [3.8, 4) is 0 Å². The van der Waals surface area contributed by atoms with Crippen molar-refractivity contribution in [2.45, 2.75) is 19.8 Å². The van der Waals surface area contributed by atoms with Gasteiger partial charge < -0.3 is 5.32 Å². The van der Waals surface area contributed by atoms with E-state index in [9.17, 15) is 0 Å². The van der Waals surface area contributed by atoms with Crippen LogP contribution in [0.4, 0.5) is 5.69 Å². The standard InChI is InChI=1S/C18H20N2/c1-3-4-13-19-18-14-9-5-7-11-16(14)20(2)17-12-8-6-10-15(17)18/h5-12H,3-4,13H2,1-2H3/p+1. The first kappa shape index (κ1) is 12.9. The van der Waals surface area contributed by atoms with Crippen molar-refractivity contribution < 1.29 is 4.57 Å². The molecule has 3 rings (SSSR count). The van der Waals surface area contributed by atoms with Crippen molar-refractivity contribution in [2.24, 2.45) is 7.05 Å². The third kappa shape index (κ3) is 2.11. The molecule has 0 aliphatic heterocycles. The van der Waals surface area contributed by atoms with Gasteiger partial charge in [0.25, 0.3) is 0 Å². The molecule has 0 unspecified atom stereocenters. The van der Waals surface area contributed by atoms with Gasteiger partial charge in [-0.25, -0.2) is 0 Å². The Morgan fingerprint density at radius 2 is 1.45 bits per heavy atom. The molecule has 0 fully saturated rings. The average Bonchev–Trinajstić information content (AvgIpc) is 2.51. The number of benzene rings is 2. The maximum atomic E-state index is 3.65. The average molecular weight is 265 g/mol. The normalized spacial score (nSPS) is 11.1. The van der Waals surface area contributed by atoms with Crippen molar-refractivity contribution in [2.75, 3.05) is 11.9 Å². The van der Waals surface area contributed by atoms with Gasteiger partial charge in [0.15, 0.2) is 0 Å². The second-order valence-corrected chi connectivity index (χ2v) is 5.25. The van der Waals surface area contributed by atoms with Gasteiger partial charge in [0.05, 0.1) is 16.5 Å². The number of nitrogens with one attached hydrogen (secondary N) is 1. The minimum atomic E-state index is 1.03. The van der Waals surface area contributed by atoms with E-state index in [0.717, 1.165) is 6.54 Å². The van der Waals surface area contributed by atoms with Crippen LogP contribution in [0.25, 0.3) is 21.8 Å². The van der Waals surface area contributed by atoms with E-state index in [4.69, 9.17) is 0 Å². The predicted molar refractivity (Wildman–Crippen MR) is 86.0 cm³/mol. The monoisotopic (exact) mass is 265 g/mol. The maximum absolute atomic E-state index is 3.65. The number of nitrogens with zero attached hydrogens (tertiary/aromatic N) is 1. The molecule has 1 heterocycles. The Hall–Kier alpha value is -2.09. The highest BCUT2D eigenvalue weighted by Gasteiger charge is 2.16. The molecule has 2 aromatic carbocycles. The second kappa shape index (κ2) is 5.49. The zero-order valence-corrected chi connectivity index (χ0v) is 12.2. The number of pyridine rings is 1. The molecular weight excluding hydrogens is 244 g/mol. The van der Waals surface area contributed by atoms with Gasteiger partial charge in [-0.15, -0.1) is 0 Å². The van der Waals surface area contributed by atoms with Crippen molar-refractivity contribution in [3.05, 3.63) is 48.5 Å². The highest BCUT2D eigenvalue weighted by Crippen LogP contribution is 2.29. The zero-order chi connectivity index (χ0) is 13.9. The predicted octanol–water partition coefficient (Wildman–Crippen LogP) is 4.03. The van der Waals surface area contributed by atoms with E-state index in [1.54, 1.807) is 0 Å². The van der Waals surface area contributed by atoms with Crippen molar-refractivity contribution in [3.63, 3.8) is 0 Å². The molecule has 3 aromatic rings. The quantitative estimate of drug-likeness (QED) is 0.428. The van der Waals surface area contributed by atoms with Crippen LogP contribution in [-0.4, -0.2) is 6.54 Å². The third-order valence-corrected chi connectivity index (χ3v) is 3.90. The number of hydrogen-bond donors (Lipinski definition) is 1.